The maximum atomic E-state index is 11.8. The molecule has 2 nitrogen and oxygen atoms in total. The Bertz CT molecular complexity index is 398. The number of hydrogen-bond acceptors (Lipinski definition) is 1. The lowest BCUT2D eigenvalue weighted by Gasteiger charge is -2.15. The minimum absolute atomic E-state index is 0.132. The zero-order chi connectivity index (χ0) is 14.1. The first-order valence-electron chi connectivity index (χ1n) is 7.63. The molecule has 106 valence electrons. The highest BCUT2D eigenvalue weighted by atomic mass is 16.1. The Kier molecular flexibility index (Phi) is 7.24. The first-order valence-corrected chi connectivity index (χ1v) is 7.63. The summed E-state index contributed by atoms with van der Waals surface area (Å²) in [6.45, 7) is 6.43. The van der Waals surface area contributed by atoms with Gasteiger partial charge in [-0.05, 0) is 42.9 Å². The average molecular weight is 261 g/mol. The van der Waals surface area contributed by atoms with Crippen molar-refractivity contribution in [1.82, 2.24) is 0 Å². The van der Waals surface area contributed by atoms with Crippen LogP contribution in [0, 0.1) is 0 Å². The minimum Gasteiger partial charge on any atom is -0.326 e. The summed E-state index contributed by atoms with van der Waals surface area (Å²) in [6.07, 6.45) is 7.27. The Morgan fingerprint density at radius 1 is 1.11 bits per heavy atom. The van der Waals surface area contributed by atoms with Crippen LogP contribution < -0.4 is 5.32 Å². The van der Waals surface area contributed by atoms with E-state index in [1.54, 1.807) is 0 Å². The van der Waals surface area contributed by atoms with Gasteiger partial charge in [-0.15, -0.1) is 0 Å². The number of anilines is 1. The zero-order valence-corrected chi connectivity index (χ0v) is 12.6. The first-order chi connectivity index (χ1) is 9.22. The van der Waals surface area contributed by atoms with Crippen LogP contribution in [-0.4, -0.2) is 5.91 Å². The molecule has 0 fully saturated rings. The lowest BCUT2D eigenvalue weighted by Crippen LogP contribution is -2.13. The van der Waals surface area contributed by atoms with Crippen LogP contribution in [0.4, 0.5) is 5.69 Å². The summed E-state index contributed by atoms with van der Waals surface area (Å²) in [6, 6.07) is 6.26. The maximum Gasteiger partial charge on any atom is 0.224 e. The van der Waals surface area contributed by atoms with Gasteiger partial charge >= 0.3 is 0 Å². The lowest BCUT2D eigenvalue weighted by atomic mass is 9.97. The number of carbonyl (C=O) groups is 1. The van der Waals surface area contributed by atoms with E-state index >= 15 is 0 Å². The number of aryl methyl sites for hydroxylation is 1. The van der Waals surface area contributed by atoms with Crippen molar-refractivity contribution in [2.24, 2.45) is 0 Å². The number of rotatable bonds is 8. The second-order valence-corrected chi connectivity index (χ2v) is 5.05. The molecule has 2 heteroatoms. The molecule has 0 aliphatic heterocycles. The highest BCUT2D eigenvalue weighted by Crippen LogP contribution is 2.23. The molecular formula is C17H27NO. The normalized spacial score (nSPS) is 10.5. The fourth-order valence-corrected chi connectivity index (χ4v) is 2.37. The smallest absolute Gasteiger partial charge is 0.224 e. The predicted octanol–water partition coefficient (Wildman–Crippen LogP) is 4.72. The third-order valence-electron chi connectivity index (χ3n) is 3.44. The molecule has 0 saturated heterocycles. The Labute approximate surface area is 117 Å². The molecular weight excluding hydrogens is 234 g/mol. The highest BCUT2D eigenvalue weighted by molar-refractivity contribution is 5.91. The summed E-state index contributed by atoms with van der Waals surface area (Å²) >= 11 is 0. The van der Waals surface area contributed by atoms with Gasteiger partial charge in [-0.25, -0.2) is 0 Å². The van der Waals surface area contributed by atoms with Crippen LogP contribution in [0.2, 0.25) is 0 Å². The largest absolute Gasteiger partial charge is 0.326 e. The molecule has 1 aromatic carbocycles. The van der Waals surface area contributed by atoms with Gasteiger partial charge in [0.25, 0.3) is 0 Å². The fourth-order valence-electron chi connectivity index (χ4n) is 2.37. The Hall–Kier alpha value is -1.31. The number of unbranched alkanes of at least 4 members (excludes halogenated alkanes) is 2. The molecule has 1 aromatic rings. The molecule has 0 radical (unpaired) electrons. The standard InChI is InChI=1S/C17H27NO/c1-4-7-8-12-15-14(6-3)11-9-13-16(15)18-17(19)10-5-2/h9,11,13H,4-8,10,12H2,1-3H3,(H,18,19). The minimum atomic E-state index is 0.132. The van der Waals surface area contributed by atoms with Crippen LogP contribution in [0.3, 0.4) is 0 Å². The second-order valence-electron chi connectivity index (χ2n) is 5.05. The first kappa shape index (κ1) is 15.7. The molecule has 0 atom stereocenters. The summed E-state index contributed by atoms with van der Waals surface area (Å²) in [5.74, 6) is 0.132. The molecule has 0 heterocycles. The molecule has 0 spiro atoms. The van der Waals surface area contributed by atoms with Crippen LogP contribution >= 0.6 is 0 Å². The summed E-state index contributed by atoms with van der Waals surface area (Å²) in [7, 11) is 0. The topological polar surface area (TPSA) is 29.1 Å². The van der Waals surface area contributed by atoms with E-state index < -0.39 is 0 Å². The van der Waals surface area contributed by atoms with E-state index in [1.165, 1.54) is 30.4 Å². The molecule has 1 rings (SSSR count). The van der Waals surface area contributed by atoms with E-state index in [2.05, 4.69) is 25.2 Å². The number of carbonyl (C=O) groups excluding carboxylic acids is 1. The van der Waals surface area contributed by atoms with Crippen molar-refractivity contribution in [2.75, 3.05) is 5.32 Å². The van der Waals surface area contributed by atoms with Crippen LogP contribution in [0.1, 0.15) is 64.0 Å². The number of hydrogen-bond donors (Lipinski definition) is 1. The van der Waals surface area contributed by atoms with Crippen molar-refractivity contribution < 1.29 is 4.79 Å². The quantitative estimate of drug-likeness (QED) is 0.674. The van der Waals surface area contributed by atoms with Gasteiger partial charge in [0.2, 0.25) is 5.91 Å². The van der Waals surface area contributed by atoms with Crippen molar-refractivity contribution in [3.8, 4) is 0 Å². The van der Waals surface area contributed by atoms with E-state index in [-0.39, 0.29) is 5.91 Å². The SMILES string of the molecule is CCCCCc1c(CC)cccc1NC(=O)CCC. The van der Waals surface area contributed by atoms with Gasteiger partial charge < -0.3 is 5.32 Å². The number of benzene rings is 1. The summed E-state index contributed by atoms with van der Waals surface area (Å²) in [5, 5.41) is 3.07. The molecule has 1 N–H and O–H groups in total. The Morgan fingerprint density at radius 2 is 1.89 bits per heavy atom. The van der Waals surface area contributed by atoms with Gasteiger partial charge in [0, 0.05) is 12.1 Å². The Morgan fingerprint density at radius 3 is 2.53 bits per heavy atom. The summed E-state index contributed by atoms with van der Waals surface area (Å²) in [5.41, 5.74) is 3.72. The maximum absolute atomic E-state index is 11.8. The van der Waals surface area contributed by atoms with Gasteiger partial charge in [-0.3, -0.25) is 4.79 Å². The molecule has 0 aliphatic carbocycles. The molecule has 0 aromatic heterocycles. The number of nitrogens with one attached hydrogen (secondary N) is 1. The van der Waals surface area contributed by atoms with E-state index in [0.717, 1.165) is 24.9 Å². The van der Waals surface area contributed by atoms with Crippen molar-refractivity contribution >= 4 is 11.6 Å². The van der Waals surface area contributed by atoms with Gasteiger partial charge in [0.1, 0.15) is 0 Å². The van der Waals surface area contributed by atoms with Crippen LogP contribution in [0.15, 0.2) is 18.2 Å². The van der Waals surface area contributed by atoms with E-state index in [1.807, 2.05) is 19.1 Å². The molecule has 0 unspecified atom stereocenters. The van der Waals surface area contributed by atoms with Gasteiger partial charge in [0.05, 0.1) is 0 Å². The zero-order valence-electron chi connectivity index (χ0n) is 12.6. The van der Waals surface area contributed by atoms with Crippen molar-refractivity contribution in [1.29, 1.82) is 0 Å². The molecule has 0 saturated carbocycles. The van der Waals surface area contributed by atoms with Crippen molar-refractivity contribution in [3.63, 3.8) is 0 Å². The highest BCUT2D eigenvalue weighted by Gasteiger charge is 2.09. The van der Waals surface area contributed by atoms with Gasteiger partial charge in [0.15, 0.2) is 0 Å². The van der Waals surface area contributed by atoms with Crippen molar-refractivity contribution in [2.45, 2.75) is 65.7 Å². The lowest BCUT2D eigenvalue weighted by molar-refractivity contribution is -0.116. The van der Waals surface area contributed by atoms with Gasteiger partial charge in [-0.1, -0.05) is 45.7 Å². The van der Waals surface area contributed by atoms with E-state index in [0.29, 0.717) is 6.42 Å². The van der Waals surface area contributed by atoms with Crippen LogP contribution in [0.5, 0.6) is 0 Å². The molecule has 19 heavy (non-hydrogen) atoms. The van der Waals surface area contributed by atoms with Gasteiger partial charge in [-0.2, -0.15) is 0 Å². The summed E-state index contributed by atoms with van der Waals surface area (Å²) < 4.78 is 0. The summed E-state index contributed by atoms with van der Waals surface area (Å²) in [4.78, 5) is 11.8. The average Bonchev–Trinajstić information content (AvgIpc) is 2.40. The Balaban J connectivity index is 2.85. The third-order valence-corrected chi connectivity index (χ3v) is 3.44. The predicted molar refractivity (Wildman–Crippen MR) is 82.6 cm³/mol. The monoisotopic (exact) mass is 261 g/mol. The molecule has 1 amide bonds. The van der Waals surface area contributed by atoms with E-state index in [4.69, 9.17) is 0 Å². The van der Waals surface area contributed by atoms with Crippen LogP contribution in [-0.2, 0) is 17.6 Å². The van der Waals surface area contributed by atoms with Crippen molar-refractivity contribution in [3.05, 3.63) is 29.3 Å². The van der Waals surface area contributed by atoms with Crippen LogP contribution in [0.25, 0.3) is 0 Å². The third kappa shape index (κ3) is 5.06. The fraction of sp³-hybridized carbons (Fsp3) is 0.588. The second kappa shape index (κ2) is 8.73. The van der Waals surface area contributed by atoms with E-state index in [9.17, 15) is 4.79 Å². The molecule has 0 aliphatic rings. The number of amides is 1. The molecule has 0 bridgehead atoms.